The van der Waals surface area contributed by atoms with Gasteiger partial charge in [0.2, 0.25) is 0 Å². The molecule has 1 aromatic rings. The van der Waals surface area contributed by atoms with Crippen molar-refractivity contribution in [3.63, 3.8) is 0 Å². The third-order valence-corrected chi connectivity index (χ3v) is 1.85. The lowest BCUT2D eigenvalue weighted by Gasteiger charge is -2.08. The van der Waals surface area contributed by atoms with Crippen molar-refractivity contribution < 1.29 is 9.90 Å². The van der Waals surface area contributed by atoms with Crippen LogP contribution < -0.4 is 10.6 Å². The van der Waals surface area contributed by atoms with Gasteiger partial charge in [-0.2, -0.15) is 0 Å². The number of aliphatic hydroxyl groups is 1. The number of hydrogen-bond acceptors (Lipinski definition) is 2. The summed E-state index contributed by atoms with van der Waals surface area (Å²) in [4.78, 5) is 11.0. The van der Waals surface area contributed by atoms with Crippen LogP contribution in [0.2, 0.25) is 0 Å². The van der Waals surface area contributed by atoms with Gasteiger partial charge in [-0.3, -0.25) is 0 Å². The lowest BCUT2D eigenvalue weighted by Crippen LogP contribution is -2.24. The normalized spacial score (nSPS) is 11.9. The molecule has 2 amide bonds. The zero-order valence-electron chi connectivity index (χ0n) is 8.24. The summed E-state index contributed by atoms with van der Waals surface area (Å²) < 4.78 is 0. The first-order valence-electron chi connectivity index (χ1n) is 4.40. The highest BCUT2D eigenvalue weighted by Gasteiger charge is 2.02. The Hall–Kier alpha value is -1.55. The second kappa shape index (κ2) is 4.62. The van der Waals surface area contributed by atoms with Crippen molar-refractivity contribution in [1.82, 2.24) is 5.32 Å². The largest absolute Gasteiger partial charge is 0.389 e. The van der Waals surface area contributed by atoms with Crippen LogP contribution in [-0.2, 0) is 0 Å². The third kappa shape index (κ3) is 2.74. The molecule has 0 saturated heterocycles. The maximum atomic E-state index is 11.0. The highest BCUT2D eigenvalue weighted by Crippen LogP contribution is 2.16. The van der Waals surface area contributed by atoms with Gasteiger partial charge in [-0.25, -0.2) is 4.79 Å². The van der Waals surface area contributed by atoms with Gasteiger partial charge in [-0.15, -0.1) is 0 Å². The number of carbonyl (C=O) groups is 1. The number of hydrogen-bond donors (Lipinski definition) is 3. The summed E-state index contributed by atoms with van der Waals surface area (Å²) in [6.07, 6.45) is -0.526. The first-order chi connectivity index (χ1) is 6.63. The van der Waals surface area contributed by atoms with E-state index in [4.69, 9.17) is 0 Å². The van der Waals surface area contributed by atoms with E-state index in [1.807, 2.05) is 0 Å². The molecule has 0 aliphatic rings. The van der Waals surface area contributed by atoms with E-state index in [0.29, 0.717) is 5.69 Å². The van der Waals surface area contributed by atoms with Crippen molar-refractivity contribution in [3.8, 4) is 0 Å². The van der Waals surface area contributed by atoms with Crippen molar-refractivity contribution in [1.29, 1.82) is 0 Å². The second-order valence-corrected chi connectivity index (χ2v) is 3.01. The smallest absolute Gasteiger partial charge is 0.318 e. The summed E-state index contributed by atoms with van der Waals surface area (Å²) in [5.74, 6) is 0. The first kappa shape index (κ1) is 10.5. The Bertz CT molecular complexity index is 324. The average Bonchev–Trinajstić information content (AvgIpc) is 2.18. The molecule has 0 aliphatic carbocycles. The molecule has 0 bridgehead atoms. The summed E-state index contributed by atoms with van der Waals surface area (Å²) in [5, 5.41) is 14.4. The second-order valence-electron chi connectivity index (χ2n) is 3.01. The molecule has 76 valence electrons. The van der Waals surface area contributed by atoms with Crippen LogP contribution in [0.4, 0.5) is 10.5 Å². The molecule has 1 rings (SSSR count). The molecule has 4 heteroatoms. The Morgan fingerprint density at radius 1 is 1.50 bits per heavy atom. The SMILES string of the molecule is CNC(=O)Nc1cccc(C(C)O)c1. The molecule has 4 nitrogen and oxygen atoms in total. The fourth-order valence-electron chi connectivity index (χ4n) is 1.07. The summed E-state index contributed by atoms with van der Waals surface area (Å²) >= 11 is 0. The highest BCUT2D eigenvalue weighted by atomic mass is 16.3. The summed E-state index contributed by atoms with van der Waals surface area (Å²) in [5.41, 5.74) is 1.45. The van der Waals surface area contributed by atoms with Crippen molar-refractivity contribution in [2.45, 2.75) is 13.0 Å². The summed E-state index contributed by atoms with van der Waals surface area (Å²) in [6.45, 7) is 1.68. The molecular formula is C10H14N2O2. The lowest BCUT2D eigenvalue weighted by atomic mass is 10.1. The molecule has 1 atom stereocenters. The number of aliphatic hydroxyl groups excluding tert-OH is 1. The van der Waals surface area contributed by atoms with Crippen LogP contribution in [0.15, 0.2) is 24.3 Å². The molecule has 0 heterocycles. The zero-order chi connectivity index (χ0) is 10.6. The molecule has 0 spiro atoms. The number of carbonyl (C=O) groups excluding carboxylic acids is 1. The van der Waals surface area contributed by atoms with E-state index in [0.717, 1.165) is 5.56 Å². The van der Waals surface area contributed by atoms with Crippen LogP contribution in [0.1, 0.15) is 18.6 Å². The Balaban J connectivity index is 2.78. The minimum absolute atomic E-state index is 0.271. The highest BCUT2D eigenvalue weighted by molar-refractivity contribution is 5.89. The van der Waals surface area contributed by atoms with Gasteiger partial charge in [0, 0.05) is 12.7 Å². The standard InChI is InChI=1S/C10H14N2O2/c1-7(13)8-4-3-5-9(6-8)12-10(14)11-2/h3-7,13H,1-2H3,(H2,11,12,14). The van der Waals surface area contributed by atoms with E-state index in [9.17, 15) is 9.90 Å². The number of amides is 2. The van der Waals surface area contributed by atoms with E-state index in [2.05, 4.69) is 10.6 Å². The van der Waals surface area contributed by atoms with Gasteiger partial charge in [0.25, 0.3) is 0 Å². The van der Waals surface area contributed by atoms with Gasteiger partial charge in [0.1, 0.15) is 0 Å². The maximum Gasteiger partial charge on any atom is 0.318 e. The summed E-state index contributed by atoms with van der Waals surface area (Å²) in [6, 6.07) is 6.82. The van der Waals surface area contributed by atoms with Crippen LogP contribution in [0.5, 0.6) is 0 Å². The fraction of sp³-hybridized carbons (Fsp3) is 0.300. The molecule has 14 heavy (non-hydrogen) atoms. The van der Waals surface area contributed by atoms with Crippen LogP contribution in [0.25, 0.3) is 0 Å². The summed E-state index contributed by atoms with van der Waals surface area (Å²) in [7, 11) is 1.55. The molecule has 0 aliphatic heterocycles. The molecule has 0 saturated carbocycles. The first-order valence-corrected chi connectivity index (χ1v) is 4.40. The topological polar surface area (TPSA) is 61.4 Å². The van der Waals surface area contributed by atoms with Crippen molar-refractivity contribution >= 4 is 11.7 Å². The Labute approximate surface area is 82.9 Å². The predicted molar refractivity (Wildman–Crippen MR) is 55.2 cm³/mol. The van der Waals surface area contributed by atoms with E-state index in [1.165, 1.54) is 0 Å². The van der Waals surface area contributed by atoms with Crippen molar-refractivity contribution in [3.05, 3.63) is 29.8 Å². The monoisotopic (exact) mass is 194 g/mol. The van der Waals surface area contributed by atoms with Gasteiger partial charge in [-0.1, -0.05) is 12.1 Å². The van der Waals surface area contributed by atoms with Crippen molar-refractivity contribution in [2.24, 2.45) is 0 Å². The number of nitrogens with one attached hydrogen (secondary N) is 2. The van der Waals surface area contributed by atoms with E-state index < -0.39 is 6.10 Å². The third-order valence-electron chi connectivity index (χ3n) is 1.85. The Morgan fingerprint density at radius 3 is 2.79 bits per heavy atom. The van der Waals surface area contributed by atoms with Crippen molar-refractivity contribution in [2.75, 3.05) is 12.4 Å². The van der Waals surface area contributed by atoms with Gasteiger partial charge in [0.15, 0.2) is 0 Å². The lowest BCUT2D eigenvalue weighted by molar-refractivity contribution is 0.199. The predicted octanol–water partition coefficient (Wildman–Crippen LogP) is 1.49. The van der Waals surface area contributed by atoms with Crippen LogP contribution in [0.3, 0.4) is 0 Å². The number of benzene rings is 1. The molecule has 0 fully saturated rings. The van der Waals surface area contributed by atoms with E-state index >= 15 is 0 Å². The number of anilines is 1. The molecular weight excluding hydrogens is 180 g/mol. The molecule has 1 unspecified atom stereocenters. The molecule has 3 N–H and O–H groups in total. The van der Waals surface area contributed by atoms with Gasteiger partial charge in [-0.05, 0) is 24.6 Å². The minimum Gasteiger partial charge on any atom is -0.389 e. The molecule has 1 aromatic carbocycles. The Morgan fingerprint density at radius 2 is 2.21 bits per heavy atom. The van der Waals surface area contributed by atoms with Crippen LogP contribution in [-0.4, -0.2) is 18.2 Å². The minimum atomic E-state index is -0.526. The Kier molecular flexibility index (Phi) is 3.48. The number of urea groups is 1. The van der Waals surface area contributed by atoms with Crippen LogP contribution >= 0.6 is 0 Å². The quantitative estimate of drug-likeness (QED) is 0.668. The molecule has 0 radical (unpaired) electrons. The maximum absolute atomic E-state index is 11.0. The van der Waals surface area contributed by atoms with Gasteiger partial charge >= 0.3 is 6.03 Å². The van der Waals surface area contributed by atoms with E-state index in [-0.39, 0.29) is 6.03 Å². The van der Waals surface area contributed by atoms with E-state index in [1.54, 1.807) is 38.2 Å². The zero-order valence-corrected chi connectivity index (χ0v) is 8.24. The van der Waals surface area contributed by atoms with Crippen LogP contribution in [0, 0.1) is 0 Å². The number of rotatable bonds is 2. The van der Waals surface area contributed by atoms with Gasteiger partial charge < -0.3 is 15.7 Å². The molecule has 0 aromatic heterocycles. The van der Waals surface area contributed by atoms with Gasteiger partial charge in [0.05, 0.1) is 6.10 Å². The average molecular weight is 194 g/mol. The fourth-order valence-corrected chi connectivity index (χ4v) is 1.07.